The van der Waals surface area contributed by atoms with Crippen molar-refractivity contribution in [1.82, 2.24) is 0 Å². The summed E-state index contributed by atoms with van der Waals surface area (Å²) in [6.07, 6.45) is 13.4. The predicted molar refractivity (Wildman–Crippen MR) is 105 cm³/mol. The lowest BCUT2D eigenvalue weighted by Gasteiger charge is -2.37. The quantitative estimate of drug-likeness (QED) is 0.401. The van der Waals surface area contributed by atoms with Crippen LogP contribution in [0.1, 0.15) is 70.6 Å². The molecular formula is C22H36O5. The number of hydrogen-bond donors (Lipinski definition) is 1. The highest BCUT2D eigenvalue weighted by Crippen LogP contribution is 2.40. The highest BCUT2D eigenvalue weighted by atomic mass is 16.5. The Bertz CT molecular complexity index is 459. The van der Waals surface area contributed by atoms with E-state index in [1.165, 1.54) is 18.9 Å². The van der Waals surface area contributed by atoms with E-state index in [0.29, 0.717) is 12.7 Å². The highest BCUT2D eigenvalue weighted by molar-refractivity contribution is 5.90. The molecular weight excluding hydrogens is 344 g/mol. The van der Waals surface area contributed by atoms with Crippen LogP contribution < -0.4 is 0 Å². The van der Waals surface area contributed by atoms with Crippen LogP contribution in [0.25, 0.3) is 0 Å². The van der Waals surface area contributed by atoms with E-state index in [9.17, 15) is 9.59 Å². The molecule has 0 aromatic heterocycles. The summed E-state index contributed by atoms with van der Waals surface area (Å²) in [6.45, 7) is 4.99. The van der Waals surface area contributed by atoms with Gasteiger partial charge in [0.1, 0.15) is 6.61 Å². The summed E-state index contributed by atoms with van der Waals surface area (Å²) in [6, 6.07) is 0. The Morgan fingerprint density at radius 2 is 1.48 bits per heavy atom. The van der Waals surface area contributed by atoms with Gasteiger partial charge in [0.25, 0.3) is 0 Å². The number of carboxylic acid groups (broad SMARTS) is 1. The second-order valence-corrected chi connectivity index (χ2v) is 8.14. The van der Waals surface area contributed by atoms with Crippen molar-refractivity contribution >= 4 is 11.8 Å². The van der Waals surface area contributed by atoms with Gasteiger partial charge in [0, 0.05) is 13.2 Å². The second kappa shape index (κ2) is 12.3. The number of carbonyl (C=O) groups is 2. The molecule has 0 heterocycles. The van der Waals surface area contributed by atoms with E-state index in [1.54, 1.807) is 0 Å². The minimum absolute atomic E-state index is 0.0659. The fraction of sp³-hybridized carbons (Fsp3) is 0.818. The van der Waals surface area contributed by atoms with E-state index in [-0.39, 0.29) is 18.3 Å². The van der Waals surface area contributed by atoms with Crippen LogP contribution in [0, 0.1) is 17.8 Å². The smallest absolute Gasteiger partial charge is 0.306 e. The molecule has 0 amide bonds. The molecule has 0 bridgehead atoms. The van der Waals surface area contributed by atoms with Crippen LogP contribution in [0.3, 0.4) is 0 Å². The van der Waals surface area contributed by atoms with Gasteiger partial charge < -0.3 is 14.6 Å². The lowest BCUT2D eigenvalue weighted by molar-refractivity contribution is -0.143. The van der Waals surface area contributed by atoms with Gasteiger partial charge >= 0.3 is 5.97 Å². The van der Waals surface area contributed by atoms with Gasteiger partial charge in [-0.3, -0.25) is 9.59 Å². The van der Waals surface area contributed by atoms with E-state index in [2.05, 4.69) is 6.58 Å². The second-order valence-electron chi connectivity index (χ2n) is 8.14. The number of rotatable bonds is 12. The molecule has 0 aromatic carbocycles. The van der Waals surface area contributed by atoms with Gasteiger partial charge in [-0.15, -0.1) is 0 Å². The lowest BCUT2D eigenvalue weighted by atomic mass is 9.70. The van der Waals surface area contributed by atoms with Crippen molar-refractivity contribution in [3.63, 3.8) is 0 Å². The molecule has 0 aliphatic heterocycles. The van der Waals surface area contributed by atoms with Gasteiger partial charge in [0.15, 0.2) is 5.78 Å². The molecule has 2 aliphatic carbocycles. The summed E-state index contributed by atoms with van der Waals surface area (Å²) >= 11 is 0. The number of unbranched alkanes of at least 4 members (excludes halogenated alkanes) is 2. The van der Waals surface area contributed by atoms with Gasteiger partial charge in [0.2, 0.25) is 0 Å². The molecule has 27 heavy (non-hydrogen) atoms. The minimum atomic E-state index is -0.609. The first-order chi connectivity index (χ1) is 13.1. The fourth-order valence-corrected chi connectivity index (χ4v) is 4.53. The molecule has 2 rings (SSSR count). The molecule has 1 N–H and O–H groups in total. The number of hydrogen-bond acceptors (Lipinski definition) is 4. The Kier molecular flexibility index (Phi) is 10.1. The first-order valence-corrected chi connectivity index (χ1v) is 10.7. The highest BCUT2D eigenvalue weighted by Gasteiger charge is 2.32. The average molecular weight is 381 g/mol. The zero-order chi connectivity index (χ0) is 19.5. The summed E-state index contributed by atoms with van der Waals surface area (Å²) < 4.78 is 11.3. The van der Waals surface area contributed by atoms with Crippen molar-refractivity contribution < 1.29 is 24.2 Å². The van der Waals surface area contributed by atoms with Crippen molar-refractivity contribution in [1.29, 1.82) is 0 Å². The topological polar surface area (TPSA) is 72.8 Å². The van der Waals surface area contributed by atoms with E-state index in [1.807, 2.05) is 0 Å². The van der Waals surface area contributed by atoms with Gasteiger partial charge in [0.05, 0.1) is 12.0 Å². The summed E-state index contributed by atoms with van der Waals surface area (Å²) in [5.74, 6) is 0.726. The Morgan fingerprint density at radius 1 is 0.889 bits per heavy atom. The third kappa shape index (κ3) is 8.14. The first-order valence-electron chi connectivity index (χ1n) is 10.7. The van der Waals surface area contributed by atoms with Crippen LogP contribution in [0.4, 0.5) is 0 Å². The van der Waals surface area contributed by atoms with Crippen LogP contribution in [-0.2, 0) is 19.1 Å². The van der Waals surface area contributed by atoms with E-state index in [4.69, 9.17) is 14.6 Å². The zero-order valence-corrected chi connectivity index (χ0v) is 16.6. The third-order valence-corrected chi connectivity index (χ3v) is 6.27. The van der Waals surface area contributed by atoms with Gasteiger partial charge in [-0.2, -0.15) is 0 Å². The van der Waals surface area contributed by atoms with Crippen LogP contribution in [0.2, 0.25) is 0 Å². The maximum Gasteiger partial charge on any atom is 0.306 e. The Morgan fingerprint density at radius 3 is 2.07 bits per heavy atom. The minimum Gasteiger partial charge on any atom is -0.481 e. The lowest BCUT2D eigenvalue weighted by Crippen LogP contribution is -2.30. The molecule has 2 saturated carbocycles. The van der Waals surface area contributed by atoms with E-state index >= 15 is 0 Å². The van der Waals surface area contributed by atoms with Gasteiger partial charge in [-0.1, -0.05) is 6.58 Å². The Labute approximate surface area is 163 Å². The predicted octanol–water partition coefficient (Wildman–Crippen LogP) is 4.39. The van der Waals surface area contributed by atoms with Crippen LogP contribution >= 0.6 is 0 Å². The maximum atomic E-state index is 11.1. The van der Waals surface area contributed by atoms with Crippen molar-refractivity contribution in [2.45, 2.75) is 76.7 Å². The number of carboxylic acids is 1. The Balaban J connectivity index is 1.46. The monoisotopic (exact) mass is 380 g/mol. The Hall–Kier alpha value is -1.20. The molecule has 0 unspecified atom stereocenters. The summed E-state index contributed by atoms with van der Waals surface area (Å²) in [7, 11) is 0. The molecule has 0 spiro atoms. The fourth-order valence-electron chi connectivity index (χ4n) is 4.53. The van der Waals surface area contributed by atoms with Crippen LogP contribution in [0.15, 0.2) is 12.7 Å². The molecule has 5 heteroatoms. The van der Waals surface area contributed by atoms with Gasteiger partial charge in [-0.05, 0) is 88.5 Å². The summed E-state index contributed by atoms with van der Waals surface area (Å²) in [4.78, 5) is 22.1. The van der Waals surface area contributed by atoms with Crippen molar-refractivity contribution in [2.24, 2.45) is 17.8 Å². The first kappa shape index (κ1) is 22.1. The van der Waals surface area contributed by atoms with Crippen LogP contribution in [0.5, 0.6) is 0 Å². The van der Waals surface area contributed by atoms with Crippen LogP contribution in [-0.4, -0.2) is 42.8 Å². The largest absolute Gasteiger partial charge is 0.481 e. The van der Waals surface area contributed by atoms with E-state index in [0.717, 1.165) is 76.2 Å². The molecule has 5 nitrogen and oxygen atoms in total. The number of ether oxygens (including phenoxy) is 2. The average Bonchev–Trinajstić information content (AvgIpc) is 2.70. The summed E-state index contributed by atoms with van der Waals surface area (Å²) in [5.41, 5.74) is 0. The molecule has 0 aromatic rings. The van der Waals surface area contributed by atoms with Gasteiger partial charge in [-0.25, -0.2) is 0 Å². The van der Waals surface area contributed by atoms with E-state index < -0.39 is 5.97 Å². The molecule has 2 fully saturated rings. The van der Waals surface area contributed by atoms with Crippen molar-refractivity contribution in [3.8, 4) is 0 Å². The number of ketones is 1. The molecule has 0 radical (unpaired) electrons. The SMILES string of the molecule is C=CC(=O)COCCCCCOC1CCC(C2CCC(C(=O)O)CC2)CC1. The molecule has 0 saturated heterocycles. The van der Waals surface area contributed by atoms with Crippen molar-refractivity contribution in [3.05, 3.63) is 12.7 Å². The van der Waals surface area contributed by atoms with Crippen molar-refractivity contribution in [2.75, 3.05) is 19.8 Å². The standard InChI is InChI=1S/C22H36O5/c1-2-20(23)16-26-14-4-3-5-15-27-21-12-10-18(11-13-21)17-6-8-19(9-7-17)22(24)25/h2,17-19,21H,1,3-16H2,(H,24,25). The molecule has 2 aliphatic rings. The number of aliphatic carboxylic acids is 1. The third-order valence-electron chi connectivity index (χ3n) is 6.27. The molecule has 154 valence electrons. The normalized spacial score (nSPS) is 28.6. The molecule has 0 atom stereocenters. The zero-order valence-electron chi connectivity index (χ0n) is 16.6. The number of carbonyl (C=O) groups excluding carboxylic acids is 1. The maximum absolute atomic E-state index is 11.1. The summed E-state index contributed by atoms with van der Waals surface area (Å²) in [5, 5.41) is 9.12.